The quantitative estimate of drug-likeness (QED) is 0.603. The van der Waals surface area contributed by atoms with Crippen LogP contribution in [0.2, 0.25) is 0 Å². The predicted octanol–water partition coefficient (Wildman–Crippen LogP) is 2.00. The molecule has 2 heteroatoms. The Balaban J connectivity index is 4.58. The van der Waals surface area contributed by atoms with Gasteiger partial charge in [0.05, 0.1) is 6.04 Å². The van der Waals surface area contributed by atoms with Crippen LogP contribution in [0.1, 0.15) is 6.92 Å². The molecule has 0 saturated heterocycles. The monoisotopic (exact) mass is 192 g/mol. The Bertz CT molecular complexity index is 239. The Kier molecular flexibility index (Phi) is 6.50. The Labute approximate surface area is 87.1 Å². The molecule has 0 aromatic heterocycles. The van der Waals surface area contributed by atoms with Crippen molar-refractivity contribution in [1.82, 2.24) is 10.6 Å². The number of likely N-dealkylation sites (N-methyl/N-ethyl adjacent to an activating group) is 1. The van der Waals surface area contributed by atoms with Crippen molar-refractivity contribution in [2.75, 3.05) is 13.6 Å². The van der Waals surface area contributed by atoms with Crippen LogP contribution in [0.4, 0.5) is 0 Å². The molecular weight excluding hydrogens is 172 g/mol. The molecule has 0 fully saturated rings. The van der Waals surface area contributed by atoms with E-state index in [9.17, 15) is 0 Å². The molecule has 14 heavy (non-hydrogen) atoms. The van der Waals surface area contributed by atoms with Gasteiger partial charge >= 0.3 is 0 Å². The summed E-state index contributed by atoms with van der Waals surface area (Å²) in [6, 6.07) is 0.202. The fourth-order valence-electron chi connectivity index (χ4n) is 1.22. The molecule has 0 aliphatic carbocycles. The Morgan fingerprint density at radius 2 is 2.07 bits per heavy atom. The zero-order valence-corrected chi connectivity index (χ0v) is 9.14. The zero-order valence-electron chi connectivity index (χ0n) is 9.14. The van der Waals surface area contributed by atoms with Crippen molar-refractivity contribution in [3.63, 3.8) is 0 Å². The van der Waals surface area contributed by atoms with Crippen molar-refractivity contribution in [3.05, 3.63) is 49.2 Å². The minimum Gasteiger partial charge on any atom is -0.381 e. The molecule has 0 amide bonds. The fraction of sp³-hybridized carbons (Fsp3) is 0.333. The van der Waals surface area contributed by atoms with Crippen LogP contribution in [0.5, 0.6) is 0 Å². The molecule has 0 aromatic carbocycles. The molecule has 78 valence electrons. The minimum atomic E-state index is 0.202. The lowest BCUT2D eigenvalue weighted by atomic mass is 10.1. The van der Waals surface area contributed by atoms with Crippen molar-refractivity contribution >= 4 is 0 Å². The average molecular weight is 192 g/mol. The van der Waals surface area contributed by atoms with Gasteiger partial charge in [0, 0.05) is 12.2 Å². The van der Waals surface area contributed by atoms with Gasteiger partial charge in [0.25, 0.3) is 0 Å². The van der Waals surface area contributed by atoms with Crippen LogP contribution in [0.3, 0.4) is 0 Å². The first-order chi connectivity index (χ1) is 6.65. The predicted molar refractivity (Wildman–Crippen MR) is 64.1 cm³/mol. The van der Waals surface area contributed by atoms with Crippen LogP contribution in [0.25, 0.3) is 0 Å². The first-order valence-corrected chi connectivity index (χ1v) is 4.67. The van der Waals surface area contributed by atoms with Crippen molar-refractivity contribution < 1.29 is 0 Å². The third-order valence-corrected chi connectivity index (χ3v) is 1.78. The van der Waals surface area contributed by atoms with E-state index in [1.165, 1.54) is 0 Å². The van der Waals surface area contributed by atoms with Gasteiger partial charge in [-0.25, -0.2) is 0 Å². The van der Waals surface area contributed by atoms with Crippen LogP contribution >= 0.6 is 0 Å². The summed E-state index contributed by atoms with van der Waals surface area (Å²) >= 11 is 0. The Hall–Kier alpha value is -1.28. The maximum atomic E-state index is 3.83. The van der Waals surface area contributed by atoms with E-state index in [-0.39, 0.29) is 6.04 Å². The summed E-state index contributed by atoms with van der Waals surface area (Å²) in [6.07, 6.45) is 5.55. The first-order valence-electron chi connectivity index (χ1n) is 4.67. The molecule has 0 rings (SSSR count). The molecule has 0 bridgehead atoms. The first kappa shape index (κ1) is 12.7. The Morgan fingerprint density at radius 1 is 1.43 bits per heavy atom. The normalized spacial score (nSPS) is 13.1. The SMILES string of the molecule is C=C/C=C(\C=C)[C@@H](CNC)NC(=C)C. The minimum absolute atomic E-state index is 0.202. The van der Waals surface area contributed by atoms with E-state index < -0.39 is 0 Å². The van der Waals surface area contributed by atoms with E-state index in [1.807, 2.05) is 26.1 Å². The second-order valence-electron chi connectivity index (χ2n) is 3.14. The van der Waals surface area contributed by atoms with Crippen LogP contribution in [0, 0.1) is 0 Å². The summed E-state index contributed by atoms with van der Waals surface area (Å²) in [5.41, 5.74) is 2.06. The highest BCUT2D eigenvalue weighted by atomic mass is 15.0. The van der Waals surface area contributed by atoms with Gasteiger partial charge in [-0.2, -0.15) is 0 Å². The molecule has 0 aliphatic rings. The third kappa shape index (κ3) is 4.67. The number of rotatable bonds is 7. The summed E-state index contributed by atoms with van der Waals surface area (Å²) < 4.78 is 0. The van der Waals surface area contributed by atoms with E-state index in [4.69, 9.17) is 0 Å². The topological polar surface area (TPSA) is 24.1 Å². The van der Waals surface area contributed by atoms with Crippen molar-refractivity contribution in [2.45, 2.75) is 13.0 Å². The summed E-state index contributed by atoms with van der Waals surface area (Å²) in [7, 11) is 1.92. The number of nitrogens with one attached hydrogen (secondary N) is 2. The lowest BCUT2D eigenvalue weighted by Gasteiger charge is -2.20. The van der Waals surface area contributed by atoms with Gasteiger partial charge in [-0.1, -0.05) is 38.0 Å². The average Bonchev–Trinajstić information content (AvgIpc) is 2.13. The summed E-state index contributed by atoms with van der Waals surface area (Å²) in [5, 5.41) is 6.39. The standard InChI is InChI=1S/C12H20N2/c1-6-8-11(7-2)12(9-13-5)14-10(3)4/h6-8,12-14H,1-3,9H2,4-5H3/b11-8+/t12-/m1/s1. The number of hydrogen-bond acceptors (Lipinski definition) is 2. The lowest BCUT2D eigenvalue weighted by molar-refractivity contribution is 0.605. The molecule has 0 aromatic rings. The smallest absolute Gasteiger partial charge is 0.0634 e. The molecular formula is C12H20N2. The van der Waals surface area contributed by atoms with Crippen molar-refractivity contribution in [3.8, 4) is 0 Å². The molecule has 0 unspecified atom stereocenters. The largest absolute Gasteiger partial charge is 0.381 e. The molecule has 0 spiro atoms. The van der Waals surface area contributed by atoms with E-state index >= 15 is 0 Å². The second-order valence-corrected chi connectivity index (χ2v) is 3.14. The van der Waals surface area contributed by atoms with Gasteiger partial charge in [0.2, 0.25) is 0 Å². The van der Waals surface area contributed by atoms with Gasteiger partial charge in [0.1, 0.15) is 0 Å². The molecule has 0 heterocycles. The second kappa shape index (κ2) is 7.15. The van der Waals surface area contributed by atoms with Gasteiger partial charge in [-0.3, -0.25) is 0 Å². The van der Waals surface area contributed by atoms with Gasteiger partial charge in [-0.05, 0) is 19.5 Å². The van der Waals surface area contributed by atoms with Gasteiger partial charge in [0.15, 0.2) is 0 Å². The zero-order chi connectivity index (χ0) is 11.0. The molecule has 0 aliphatic heterocycles. The number of allylic oxidation sites excluding steroid dienone is 3. The van der Waals surface area contributed by atoms with Gasteiger partial charge < -0.3 is 10.6 Å². The summed E-state index contributed by atoms with van der Waals surface area (Å²) in [5.74, 6) is 0. The van der Waals surface area contributed by atoms with E-state index in [1.54, 1.807) is 6.08 Å². The van der Waals surface area contributed by atoms with Crippen LogP contribution in [-0.2, 0) is 0 Å². The van der Waals surface area contributed by atoms with E-state index in [0.717, 1.165) is 17.8 Å². The summed E-state index contributed by atoms with van der Waals surface area (Å²) in [4.78, 5) is 0. The lowest BCUT2D eigenvalue weighted by Crippen LogP contribution is -2.37. The van der Waals surface area contributed by atoms with Crippen molar-refractivity contribution in [1.29, 1.82) is 0 Å². The molecule has 1 atom stereocenters. The maximum absolute atomic E-state index is 3.83. The van der Waals surface area contributed by atoms with Crippen LogP contribution in [0.15, 0.2) is 49.2 Å². The number of hydrogen-bond donors (Lipinski definition) is 2. The maximum Gasteiger partial charge on any atom is 0.0634 e. The van der Waals surface area contributed by atoms with E-state index in [0.29, 0.717) is 0 Å². The molecule has 0 saturated carbocycles. The highest BCUT2D eigenvalue weighted by Gasteiger charge is 2.08. The Morgan fingerprint density at radius 3 is 2.43 bits per heavy atom. The van der Waals surface area contributed by atoms with Gasteiger partial charge in [-0.15, -0.1) is 0 Å². The summed E-state index contributed by atoms with van der Waals surface area (Å²) in [6.45, 7) is 14.1. The van der Waals surface area contributed by atoms with Crippen molar-refractivity contribution in [2.24, 2.45) is 0 Å². The third-order valence-electron chi connectivity index (χ3n) is 1.78. The fourth-order valence-corrected chi connectivity index (χ4v) is 1.22. The highest BCUT2D eigenvalue weighted by molar-refractivity contribution is 5.28. The molecule has 0 radical (unpaired) electrons. The molecule has 2 nitrogen and oxygen atoms in total. The molecule has 2 N–H and O–H groups in total. The van der Waals surface area contributed by atoms with Crippen LogP contribution in [-0.4, -0.2) is 19.6 Å². The highest BCUT2D eigenvalue weighted by Crippen LogP contribution is 2.05. The van der Waals surface area contributed by atoms with E-state index in [2.05, 4.69) is 30.4 Å². The van der Waals surface area contributed by atoms with Crippen LogP contribution < -0.4 is 10.6 Å².